The van der Waals surface area contributed by atoms with E-state index in [0.717, 1.165) is 11.1 Å². The van der Waals surface area contributed by atoms with Gasteiger partial charge in [0, 0.05) is 17.8 Å². The molecule has 3 nitrogen and oxygen atoms in total. The molecule has 1 amide bonds. The summed E-state index contributed by atoms with van der Waals surface area (Å²) in [6.45, 7) is 1.91. The fraction of sp³-hybridized carbons (Fsp3) is 0.188. The third-order valence-corrected chi connectivity index (χ3v) is 3.42. The molecule has 104 valence electrons. The number of benzene rings is 2. The van der Waals surface area contributed by atoms with E-state index < -0.39 is 6.10 Å². The Morgan fingerprint density at radius 3 is 2.50 bits per heavy atom. The lowest BCUT2D eigenvalue weighted by atomic mass is 10.1. The topological polar surface area (TPSA) is 38.3 Å². The lowest BCUT2D eigenvalue weighted by molar-refractivity contribution is -0.126. The number of ether oxygens (including phenoxy) is 1. The van der Waals surface area contributed by atoms with Crippen LogP contribution in [-0.4, -0.2) is 13.0 Å². The molecule has 0 spiro atoms. The van der Waals surface area contributed by atoms with Gasteiger partial charge in [-0.15, -0.1) is 0 Å². The molecule has 20 heavy (non-hydrogen) atoms. The van der Waals surface area contributed by atoms with E-state index in [-0.39, 0.29) is 5.91 Å². The monoisotopic (exact) mass is 289 g/mol. The van der Waals surface area contributed by atoms with Gasteiger partial charge in [-0.2, -0.15) is 0 Å². The summed E-state index contributed by atoms with van der Waals surface area (Å²) < 4.78 is 5.28. The van der Waals surface area contributed by atoms with Crippen LogP contribution in [0.2, 0.25) is 5.02 Å². The molecule has 2 aromatic rings. The SMILES string of the molecule is COC(C(=O)Nc1ccc(C)c(Cl)c1)c1ccccc1. The molecule has 0 saturated carbocycles. The summed E-state index contributed by atoms with van der Waals surface area (Å²) in [5, 5.41) is 3.43. The molecule has 0 fully saturated rings. The third-order valence-electron chi connectivity index (χ3n) is 3.02. The average molecular weight is 290 g/mol. The molecule has 0 saturated heterocycles. The van der Waals surface area contributed by atoms with Crippen molar-refractivity contribution in [3.8, 4) is 0 Å². The average Bonchev–Trinajstić information content (AvgIpc) is 2.45. The molecule has 0 radical (unpaired) electrons. The van der Waals surface area contributed by atoms with Crippen LogP contribution < -0.4 is 5.32 Å². The fourth-order valence-corrected chi connectivity index (χ4v) is 2.08. The van der Waals surface area contributed by atoms with Crippen LogP contribution in [0.1, 0.15) is 17.2 Å². The van der Waals surface area contributed by atoms with Crippen LogP contribution in [0.25, 0.3) is 0 Å². The Morgan fingerprint density at radius 1 is 1.20 bits per heavy atom. The number of anilines is 1. The van der Waals surface area contributed by atoms with Crippen molar-refractivity contribution in [3.63, 3.8) is 0 Å². The first-order valence-electron chi connectivity index (χ1n) is 6.26. The van der Waals surface area contributed by atoms with Crippen molar-refractivity contribution in [1.82, 2.24) is 0 Å². The highest BCUT2D eigenvalue weighted by Gasteiger charge is 2.19. The molecule has 0 aliphatic heterocycles. The Morgan fingerprint density at radius 2 is 1.90 bits per heavy atom. The van der Waals surface area contributed by atoms with Crippen molar-refractivity contribution in [2.24, 2.45) is 0 Å². The van der Waals surface area contributed by atoms with Crippen LogP contribution in [0.15, 0.2) is 48.5 Å². The number of hydrogen-bond donors (Lipinski definition) is 1. The summed E-state index contributed by atoms with van der Waals surface area (Å²) in [4.78, 5) is 12.3. The van der Waals surface area contributed by atoms with Gasteiger partial charge in [-0.1, -0.05) is 48.0 Å². The number of halogens is 1. The molecule has 2 rings (SSSR count). The van der Waals surface area contributed by atoms with E-state index in [4.69, 9.17) is 16.3 Å². The van der Waals surface area contributed by atoms with E-state index in [2.05, 4.69) is 5.32 Å². The van der Waals surface area contributed by atoms with Crippen LogP contribution in [0.3, 0.4) is 0 Å². The summed E-state index contributed by atoms with van der Waals surface area (Å²) in [5.74, 6) is -0.224. The lowest BCUT2D eigenvalue weighted by Crippen LogP contribution is -2.22. The van der Waals surface area contributed by atoms with Crippen molar-refractivity contribution in [1.29, 1.82) is 0 Å². The number of carbonyl (C=O) groups is 1. The minimum atomic E-state index is -0.642. The van der Waals surface area contributed by atoms with Gasteiger partial charge < -0.3 is 10.1 Å². The lowest BCUT2D eigenvalue weighted by Gasteiger charge is -2.16. The van der Waals surface area contributed by atoms with Gasteiger partial charge in [-0.3, -0.25) is 4.79 Å². The summed E-state index contributed by atoms with van der Waals surface area (Å²) >= 11 is 6.05. The van der Waals surface area contributed by atoms with Crippen LogP contribution in [0, 0.1) is 6.92 Å². The van der Waals surface area contributed by atoms with Gasteiger partial charge in [0.1, 0.15) is 0 Å². The standard InChI is InChI=1S/C16H16ClNO2/c1-11-8-9-13(10-14(11)17)18-16(19)15(20-2)12-6-4-3-5-7-12/h3-10,15H,1-2H3,(H,18,19). The maximum Gasteiger partial charge on any atom is 0.258 e. The highest BCUT2D eigenvalue weighted by Crippen LogP contribution is 2.22. The molecule has 1 atom stereocenters. The molecule has 1 unspecified atom stereocenters. The van der Waals surface area contributed by atoms with Crippen molar-refractivity contribution in [2.75, 3.05) is 12.4 Å². The van der Waals surface area contributed by atoms with Gasteiger partial charge >= 0.3 is 0 Å². The first-order valence-corrected chi connectivity index (χ1v) is 6.64. The Balaban J connectivity index is 2.15. The molecule has 1 N–H and O–H groups in total. The first-order chi connectivity index (χ1) is 9.61. The first kappa shape index (κ1) is 14.6. The van der Waals surface area contributed by atoms with Gasteiger partial charge in [0.05, 0.1) is 0 Å². The summed E-state index contributed by atoms with van der Waals surface area (Å²) in [6, 6.07) is 14.8. The molecule has 0 bridgehead atoms. The van der Waals surface area contributed by atoms with Crippen LogP contribution in [0.5, 0.6) is 0 Å². The molecular formula is C16H16ClNO2. The minimum Gasteiger partial charge on any atom is -0.367 e. The molecule has 0 heterocycles. The fourth-order valence-electron chi connectivity index (χ4n) is 1.90. The largest absolute Gasteiger partial charge is 0.367 e. The predicted octanol–water partition coefficient (Wildman–Crippen LogP) is 3.97. The Labute approximate surface area is 123 Å². The van der Waals surface area contributed by atoms with Gasteiger partial charge in [0.25, 0.3) is 5.91 Å². The maximum absolute atomic E-state index is 12.3. The van der Waals surface area contributed by atoms with Crippen molar-refractivity contribution >= 4 is 23.2 Å². The predicted molar refractivity (Wildman–Crippen MR) is 81.0 cm³/mol. The van der Waals surface area contributed by atoms with Crippen molar-refractivity contribution < 1.29 is 9.53 Å². The smallest absolute Gasteiger partial charge is 0.258 e. The van der Waals surface area contributed by atoms with Crippen LogP contribution >= 0.6 is 11.6 Å². The van der Waals surface area contributed by atoms with Crippen molar-refractivity contribution in [3.05, 3.63) is 64.7 Å². The Hall–Kier alpha value is -1.84. The van der Waals surface area contributed by atoms with E-state index in [1.54, 1.807) is 6.07 Å². The number of rotatable bonds is 4. The second-order valence-corrected chi connectivity index (χ2v) is 4.89. The highest BCUT2D eigenvalue weighted by atomic mass is 35.5. The third kappa shape index (κ3) is 3.38. The van der Waals surface area contributed by atoms with E-state index in [1.165, 1.54) is 7.11 Å². The highest BCUT2D eigenvalue weighted by molar-refractivity contribution is 6.31. The quantitative estimate of drug-likeness (QED) is 0.925. The number of carbonyl (C=O) groups excluding carboxylic acids is 1. The van der Waals surface area contributed by atoms with E-state index in [1.807, 2.05) is 49.4 Å². The second-order valence-electron chi connectivity index (χ2n) is 4.48. The van der Waals surface area contributed by atoms with Gasteiger partial charge in [0.15, 0.2) is 6.10 Å². The van der Waals surface area contributed by atoms with Crippen molar-refractivity contribution in [2.45, 2.75) is 13.0 Å². The number of hydrogen-bond acceptors (Lipinski definition) is 2. The number of aryl methyl sites for hydroxylation is 1. The number of amides is 1. The minimum absolute atomic E-state index is 0.224. The van der Waals surface area contributed by atoms with E-state index >= 15 is 0 Å². The summed E-state index contributed by atoms with van der Waals surface area (Å²) in [5.41, 5.74) is 2.44. The second kappa shape index (κ2) is 6.55. The molecule has 2 aromatic carbocycles. The zero-order valence-electron chi connectivity index (χ0n) is 11.4. The van der Waals surface area contributed by atoms with E-state index in [0.29, 0.717) is 10.7 Å². The number of methoxy groups -OCH3 is 1. The normalized spacial score (nSPS) is 11.9. The van der Waals surface area contributed by atoms with Gasteiger partial charge in [-0.05, 0) is 30.2 Å². The van der Waals surface area contributed by atoms with Gasteiger partial charge in [-0.25, -0.2) is 0 Å². The zero-order chi connectivity index (χ0) is 14.5. The van der Waals surface area contributed by atoms with Crippen LogP contribution in [0.4, 0.5) is 5.69 Å². The molecule has 4 heteroatoms. The van der Waals surface area contributed by atoms with Crippen LogP contribution in [-0.2, 0) is 9.53 Å². The zero-order valence-corrected chi connectivity index (χ0v) is 12.1. The Kier molecular flexibility index (Phi) is 4.77. The molecule has 0 aliphatic carbocycles. The summed E-state index contributed by atoms with van der Waals surface area (Å²) in [7, 11) is 1.51. The number of nitrogens with one attached hydrogen (secondary N) is 1. The molecule has 0 aromatic heterocycles. The Bertz CT molecular complexity index is 599. The van der Waals surface area contributed by atoms with E-state index in [9.17, 15) is 4.79 Å². The maximum atomic E-state index is 12.3. The van der Waals surface area contributed by atoms with Gasteiger partial charge in [0.2, 0.25) is 0 Å². The molecule has 0 aliphatic rings. The summed E-state index contributed by atoms with van der Waals surface area (Å²) in [6.07, 6.45) is -0.642. The molecular weight excluding hydrogens is 274 g/mol.